The first kappa shape index (κ1) is 16.0. The Balaban J connectivity index is -0.0000000575. The van der Waals surface area contributed by atoms with Gasteiger partial charge in [-0.3, -0.25) is 4.70 Å². The van der Waals surface area contributed by atoms with Gasteiger partial charge in [0.05, 0.1) is 5.09 Å². The average molecular weight is 129 g/mol. The van der Waals surface area contributed by atoms with Crippen LogP contribution in [0, 0.1) is 20.2 Å². The molecule has 0 heterocycles. The van der Waals surface area contributed by atoms with Crippen molar-refractivity contribution in [1.82, 2.24) is 0 Å². The van der Waals surface area contributed by atoms with Gasteiger partial charge in [0.15, 0.2) is 5.34 Å². The quantitative estimate of drug-likeness (QED) is 0.282. The molecule has 0 rings (SSSR count). The number of hydrogen-bond donors (Lipinski definition) is 1. The number of hydrogen-bond acceptors (Lipinski definition) is 5. The molecular formula is H2FN2O5-. The lowest BCUT2D eigenvalue weighted by atomic mass is 13.1. The van der Waals surface area contributed by atoms with Gasteiger partial charge in [0, 0.05) is 0 Å². The van der Waals surface area contributed by atoms with Crippen LogP contribution in [-0.4, -0.2) is 10.3 Å². The molecule has 0 spiro atoms. The molecule has 0 aromatic heterocycles. The fraction of sp³-hybridized carbons (Fsp3) is 0. The van der Waals surface area contributed by atoms with Crippen molar-refractivity contribution in [2.24, 2.45) is 5.34 Å². The molecule has 0 aromatic rings. The number of halogens is 1. The first-order chi connectivity index (χ1) is 3.15. The van der Waals surface area contributed by atoms with Crippen LogP contribution in [0.4, 0.5) is 4.70 Å². The topological polar surface area (TPSA) is 116 Å². The van der Waals surface area contributed by atoms with E-state index in [2.05, 4.69) is 0 Å². The smallest absolute Gasteiger partial charge is 0.152 e. The van der Waals surface area contributed by atoms with Gasteiger partial charge in [-0.25, -0.2) is 0 Å². The summed E-state index contributed by atoms with van der Waals surface area (Å²) in [6, 6.07) is 0. The van der Waals surface area contributed by atoms with Gasteiger partial charge < -0.3 is 20.5 Å². The van der Waals surface area contributed by atoms with E-state index in [1.54, 1.807) is 0 Å². The molecule has 50 valence electrons. The second kappa shape index (κ2) is 17.7. The minimum absolute atomic E-state index is 0. The standard InChI is InChI=1S/FH.NO3.HNO2/c;2-1(3)4;2-1-3/h1H;;(H,2,3)/q;-1;. The molecule has 0 unspecified atom stereocenters. The first-order valence-corrected chi connectivity index (χ1v) is 0.930. The third-order valence-corrected chi connectivity index (χ3v) is 0. The Bertz CT molecular complexity index is 57.4. The zero-order valence-electron chi connectivity index (χ0n) is 3.38. The van der Waals surface area contributed by atoms with E-state index in [0.717, 1.165) is 0 Å². The van der Waals surface area contributed by atoms with Gasteiger partial charge in [0.25, 0.3) is 0 Å². The summed E-state index contributed by atoms with van der Waals surface area (Å²) in [5.41, 5.74) is 0. The molecule has 0 atom stereocenters. The number of rotatable bonds is 0. The van der Waals surface area contributed by atoms with Gasteiger partial charge >= 0.3 is 0 Å². The lowest BCUT2D eigenvalue weighted by molar-refractivity contribution is -0.402. The van der Waals surface area contributed by atoms with Gasteiger partial charge in [-0.2, -0.15) is 0 Å². The summed E-state index contributed by atoms with van der Waals surface area (Å²) in [5.74, 6) is 0. The van der Waals surface area contributed by atoms with E-state index < -0.39 is 5.09 Å². The summed E-state index contributed by atoms with van der Waals surface area (Å²) < 4.78 is 0. The molecule has 0 aliphatic rings. The predicted octanol–water partition coefficient (Wildman–Crippen LogP) is 0.0554. The van der Waals surface area contributed by atoms with Gasteiger partial charge in [-0.15, -0.1) is 4.91 Å². The maximum Gasteiger partial charge on any atom is 0.152 e. The average Bonchev–Trinajstić information content (AvgIpc) is 1.33. The Morgan fingerprint density at radius 2 is 1.50 bits per heavy atom. The zero-order valence-corrected chi connectivity index (χ0v) is 3.38. The lowest BCUT2D eigenvalue weighted by Gasteiger charge is -1.74. The van der Waals surface area contributed by atoms with Gasteiger partial charge in [-0.05, 0) is 0 Å². The van der Waals surface area contributed by atoms with Gasteiger partial charge in [0.2, 0.25) is 0 Å². The summed E-state index contributed by atoms with van der Waals surface area (Å²) >= 11 is 0. The van der Waals surface area contributed by atoms with Crippen LogP contribution in [0.15, 0.2) is 5.34 Å². The normalized spacial score (nSPS) is 4.50. The van der Waals surface area contributed by atoms with Crippen molar-refractivity contribution in [2.75, 3.05) is 0 Å². The molecule has 0 saturated carbocycles. The van der Waals surface area contributed by atoms with Crippen LogP contribution < -0.4 is 0 Å². The van der Waals surface area contributed by atoms with Crippen LogP contribution in [0.1, 0.15) is 0 Å². The van der Waals surface area contributed by atoms with Crippen molar-refractivity contribution in [3.63, 3.8) is 0 Å². The van der Waals surface area contributed by atoms with Crippen molar-refractivity contribution < 1.29 is 15.0 Å². The molecule has 8 heteroatoms. The predicted molar refractivity (Wildman–Crippen MR) is 20.4 cm³/mol. The largest absolute Gasteiger partial charge is 0.379 e. The SMILES string of the molecule is F.O=NO.O=[N+]([O-])[O-]. The Morgan fingerprint density at radius 1 is 1.50 bits per heavy atom. The third-order valence-electron chi connectivity index (χ3n) is 0. The fourth-order valence-corrected chi connectivity index (χ4v) is 0. The van der Waals surface area contributed by atoms with E-state index in [1.807, 2.05) is 0 Å². The second-order valence-corrected chi connectivity index (χ2v) is 0.305. The summed E-state index contributed by atoms with van der Waals surface area (Å²) in [5, 5.41) is 22.6. The molecule has 7 nitrogen and oxygen atoms in total. The summed E-state index contributed by atoms with van der Waals surface area (Å²) in [6.07, 6.45) is 0. The van der Waals surface area contributed by atoms with Crippen molar-refractivity contribution in [3.05, 3.63) is 20.2 Å². The molecule has 8 heavy (non-hydrogen) atoms. The molecule has 0 aliphatic carbocycles. The molecule has 0 fully saturated rings. The van der Waals surface area contributed by atoms with E-state index >= 15 is 0 Å². The molecule has 0 bridgehead atoms. The van der Waals surface area contributed by atoms with Crippen LogP contribution in [0.3, 0.4) is 0 Å². The van der Waals surface area contributed by atoms with Crippen molar-refractivity contribution in [2.45, 2.75) is 0 Å². The molecule has 0 radical (unpaired) electrons. The maximum atomic E-state index is 8.25. The molecule has 0 amide bonds. The van der Waals surface area contributed by atoms with E-state index in [4.69, 9.17) is 25.4 Å². The third kappa shape index (κ3) is 26.1. The highest BCUT2D eigenvalue weighted by atomic mass is 19.0. The monoisotopic (exact) mass is 129 g/mol. The van der Waals surface area contributed by atoms with Crippen LogP contribution in [0.2, 0.25) is 0 Å². The molecule has 0 saturated heterocycles. The number of nitrogens with zero attached hydrogens (tertiary/aromatic N) is 2. The molecule has 0 aliphatic heterocycles. The highest BCUT2D eigenvalue weighted by Gasteiger charge is 1.45. The van der Waals surface area contributed by atoms with Crippen molar-refractivity contribution in [1.29, 1.82) is 0 Å². The van der Waals surface area contributed by atoms with E-state index in [0.29, 0.717) is 0 Å². The minimum Gasteiger partial charge on any atom is -0.379 e. The highest BCUT2D eigenvalue weighted by Crippen LogP contribution is 1.44. The van der Waals surface area contributed by atoms with Crippen molar-refractivity contribution in [3.8, 4) is 0 Å². The van der Waals surface area contributed by atoms with Crippen molar-refractivity contribution >= 4 is 0 Å². The van der Waals surface area contributed by atoms with E-state index in [1.165, 1.54) is 5.34 Å². The summed E-state index contributed by atoms with van der Waals surface area (Å²) in [6.45, 7) is 0. The minimum atomic E-state index is -1.75. The van der Waals surface area contributed by atoms with Crippen LogP contribution >= 0.6 is 0 Å². The van der Waals surface area contributed by atoms with E-state index in [9.17, 15) is 0 Å². The van der Waals surface area contributed by atoms with E-state index in [-0.39, 0.29) is 4.70 Å². The second-order valence-electron chi connectivity index (χ2n) is 0.305. The Kier molecular flexibility index (Phi) is 35.5. The summed E-state index contributed by atoms with van der Waals surface area (Å²) in [7, 11) is 0. The summed E-state index contributed by atoms with van der Waals surface area (Å²) in [4.78, 5) is 16.4. The zero-order chi connectivity index (χ0) is 6.28. The van der Waals surface area contributed by atoms with Crippen LogP contribution in [0.25, 0.3) is 0 Å². The first-order valence-electron chi connectivity index (χ1n) is 0.930. The Morgan fingerprint density at radius 3 is 1.50 bits per heavy atom. The molecule has 0 aromatic carbocycles. The lowest BCUT2D eigenvalue weighted by Crippen LogP contribution is -1.74. The Hall–Kier alpha value is -1.47. The van der Waals surface area contributed by atoms with Gasteiger partial charge in [0.1, 0.15) is 0 Å². The van der Waals surface area contributed by atoms with Crippen LogP contribution in [0.5, 0.6) is 0 Å². The van der Waals surface area contributed by atoms with Crippen LogP contribution in [-0.2, 0) is 0 Å². The highest BCUT2D eigenvalue weighted by molar-refractivity contribution is 4.03. The maximum absolute atomic E-state index is 8.25. The molecule has 1 N–H and O–H groups in total. The Labute approximate surface area is 42.0 Å². The molecular weight excluding hydrogens is 127 g/mol. The fourth-order valence-electron chi connectivity index (χ4n) is 0. The van der Waals surface area contributed by atoms with Gasteiger partial charge in [-0.1, -0.05) is 0 Å².